The highest BCUT2D eigenvalue weighted by Gasteiger charge is 2.24. The number of hydrogen-bond donors (Lipinski definition) is 0. The predicted molar refractivity (Wildman–Crippen MR) is 75.3 cm³/mol. The fourth-order valence-corrected chi connectivity index (χ4v) is 5.46. The molecule has 1 aliphatic heterocycles. The molecule has 1 aromatic heterocycles. The molecule has 16 heavy (non-hydrogen) atoms. The Hall–Kier alpha value is -0.540. The van der Waals surface area contributed by atoms with Gasteiger partial charge in [0.15, 0.2) is 0 Å². The molecule has 1 saturated heterocycles. The lowest BCUT2D eigenvalue weighted by Crippen LogP contribution is -1.93. The van der Waals surface area contributed by atoms with Crippen LogP contribution < -0.4 is 0 Å². The van der Waals surface area contributed by atoms with Crippen molar-refractivity contribution in [2.24, 2.45) is 7.05 Å². The first kappa shape index (κ1) is 10.6. The number of fused-ring (bicyclic) bond motifs is 1. The minimum absolute atomic E-state index is 0.645. The van der Waals surface area contributed by atoms with Gasteiger partial charge < -0.3 is 4.57 Å². The van der Waals surface area contributed by atoms with Crippen molar-refractivity contribution in [2.45, 2.75) is 11.5 Å². The lowest BCUT2D eigenvalue weighted by molar-refractivity contribution is 0.908. The van der Waals surface area contributed by atoms with Crippen LogP contribution in [-0.4, -0.2) is 16.1 Å². The van der Waals surface area contributed by atoms with Crippen LogP contribution in [0.2, 0.25) is 0 Å². The predicted octanol–water partition coefficient (Wildman–Crippen LogP) is 3.97. The van der Waals surface area contributed by atoms with Gasteiger partial charge in [-0.1, -0.05) is 18.2 Å². The SMILES string of the molecule is Cc1c(C2SCCS2)c2ccccc2n1C. The van der Waals surface area contributed by atoms with Crippen LogP contribution in [0.3, 0.4) is 0 Å². The van der Waals surface area contributed by atoms with E-state index in [0.29, 0.717) is 4.58 Å². The number of hydrogen-bond acceptors (Lipinski definition) is 2. The number of benzene rings is 1. The molecule has 0 amide bonds. The molecular weight excluding hydrogens is 234 g/mol. The molecule has 0 N–H and O–H groups in total. The van der Waals surface area contributed by atoms with Crippen LogP contribution in [0.4, 0.5) is 0 Å². The van der Waals surface area contributed by atoms with Gasteiger partial charge in [0.25, 0.3) is 0 Å². The first-order chi connectivity index (χ1) is 7.79. The summed E-state index contributed by atoms with van der Waals surface area (Å²) in [4.78, 5) is 0. The molecule has 0 bridgehead atoms. The monoisotopic (exact) mass is 249 g/mol. The fraction of sp³-hybridized carbons (Fsp3) is 0.385. The standard InChI is InChI=1S/C13H15NS2/c1-9-12(13-15-7-8-16-13)10-5-3-4-6-11(10)14(9)2/h3-6,13H,7-8H2,1-2H3. The summed E-state index contributed by atoms with van der Waals surface area (Å²) in [5.74, 6) is 2.58. The Labute approximate surface area is 105 Å². The third-order valence-corrected chi connectivity index (χ3v) is 6.34. The van der Waals surface area contributed by atoms with E-state index in [4.69, 9.17) is 0 Å². The average Bonchev–Trinajstić information content (AvgIpc) is 2.89. The maximum atomic E-state index is 2.32. The van der Waals surface area contributed by atoms with Gasteiger partial charge in [-0.25, -0.2) is 0 Å². The molecule has 2 heterocycles. The van der Waals surface area contributed by atoms with Gasteiger partial charge in [0.1, 0.15) is 0 Å². The number of aromatic nitrogens is 1. The Morgan fingerprint density at radius 2 is 1.88 bits per heavy atom. The van der Waals surface area contributed by atoms with Crippen LogP contribution in [0.15, 0.2) is 24.3 Å². The molecule has 3 heteroatoms. The molecule has 3 rings (SSSR count). The van der Waals surface area contributed by atoms with E-state index >= 15 is 0 Å². The highest BCUT2D eigenvalue weighted by molar-refractivity contribution is 8.19. The van der Waals surface area contributed by atoms with Crippen molar-refractivity contribution < 1.29 is 0 Å². The lowest BCUT2D eigenvalue weighted by Gasteiger charge is -2.08. The lowest BCUT2D eigenvalue weighted by atomic mass is 10.1. The Bertz CT molecular complexity index is 524. The highest BCUT2D eigenvalue weighted by atomic mass is 32.2. The van der Waals surface area contributed by atoms with Crippen molar-refractivity contribution in [3.8, 4) is 0 Å². The van der Waals surface area contributed by atoms with Crippen molar-refractivity contribution in [1.82, 2.24) is 4.57 Å². The zero-order valence-electron chi connectivity index (χ0n) is 9.56. The second-order valence-electron chi connectivity index (χ2n) is 4.15. The van der Waals surface area contributed by atoms with E-state index in [1.165, 1.54) is 28.1 Å². The molecule has 0 saturated carbocycles. The van der Waals surface area contributed by atoms with Crippen LogP contribution in [0.1, 0.15) is 15.8 Å². The van der Waals surface area contributed by atoms with E-state index in [1.54, 1.807) is 5.56 Å². The Morgan fingerprint density at radius 3 is 2.62 bits per heavy atom. The third kappa shape index (κ3) is 1.49. The molecular formula is C13H15NS2. The summed E-state index contributed by atoms with van der Waals surface area (Å²) in [7, 11) is 2.17. The zero-order chi connectivity index (χ0) is 11.1. The summed E-state index contributed by atoms with van der Waals surface area (Å²) in [6.07, 6.45) is 0. The smallest absolute Gasteiger partial charge is 0.0775 e. The largest absolute Gasteiger partial charge is 0.348 e. The normalized spacial score (nSPS) is 17.4. The average molecular weight is 249 g/mol. The van der Waals surface area contributed by atoms with Gasteiger partial charge in [0.2, 0.25) is 0 Å². The van der Waals surface area contributed by atoms with Crippen LogP contribution in [0, 0.1) is 6.92 Å². The molecule has 0 spiro atoms. The van der Waals surface area contributed by atoms with Gasteiger partial charge >= 0.3 is 0 Å². The molecule has 0 radical (unpaired) electrons. The minimum atomic E-state index is 0.645. The molecule has 1 fully saturated rings. The number of aryl methyl sites for hydroxylation is 1. The van der Waals surface area contributed by atoms with Crippen LogP contribution in [-0.2, 0) is 7.05 Å². The summed E-state index contributed by atoms with van der Waals surface area (Å²) < 4.78 is 2.97. The number of rotatable bonds is 1. The van der Waals surface area contributed by atoms with E-state index in [-0.39, 0.29) is 0 Å². The minimum Gasteiger partial charge on any atom is -0.348 e. The Morgan fingerprint density at radius 1 is 1.19 bits per heavy atom. The number of nitrogens with zero attached hydrogens (tertiary/aromatic N) is 1. The van der Waals surface area contributed by atoms with Gasteiger partial charge in [-0.15, -0.1) is 23.5 Å². The van der Waals surface area contributed by atoms with Gasteiger partial charge in [-0.3, -0.25) is 0 Å². The van der Waals surface area contributed by atoms with Gasteiger partial charge in [0, 0.05) is 40.7 Å². The second-order valence-corrected chi connectivity index (χ2v) is 6.87. The summed E-state index contributed by atoms with van der Waals surface area (Å²) >= 11 is 4.17. The molecule has 1 nitrogen and oxygen atoms in total. The van der Waals surface area contributed by atoms with Crippen molar-refractivity contribution in [3.63, 3.8) is 0 Å². The molecule has 2 aromatic rings. The highest BCUT2D eigenvalue weighted by Crippen LogP contribution is 2.49. The fourth-order valence-electron chi connectivity index (χ4n) is 2.37. The maximum absolute atomic E-state index is 2.32. The summed E-state index contributed by atoms with van der Waals surface area (Å²) in [6, 6.07) is 8.75. The number of para-hydroxylation sites is 1. The van der Waals surface area contributed by atoms with E-state index in [9.17, 15) is 0 Å². The quantitative estimate of drug-likeness (QED) is 0.753. The molecule has 0 unspecified atom stereocenters. The summed E-state index contributed by atoms with van der Waals surface area (Å²) in [5, 5.41) is 1.44. The van der Waals surface area contributed by atoms with Crippen LogP contribution in [0.5, 0.6) is 0 Å². The van der Waals surface area contributed by atoms with Crippen molar-refractivity contribution in [1.29, 1.82) is 0 Å². The first-order valence-corrected chi connectivity index (χ1v) is 7.66. The van der Waals surface area contributed by atoms with Gasteiger partial charge in [-0.2, -0.15) is 0 Å². The topological polar surface area (TPSA) is 4.93 Å². The summed E-state index contributed by atoms with van der Waals surface area (Å²) in [6.45, 7) is 2.24. The van der Waals surface area contributed by atoms with E-state index in [2.05, 4.69) is 66.3 Å². The first-order valence-electron chi connectivity index (χ1n) is 5.56. The van der Waals surface area contributed by atoms with E-state index in [1.807, 2.05) is 0 Å². The van der Waals surface area contributed by atoms with E-state index in [0.717, 1.165) is 0 Å². The molecule has 1 aromatic carbocycles. The second kappa shape index (κ2) is 4.04. The van der Waals surface area contributed by atoms with Crippen LogP contribution >= 0.6 is 23.5 Å². The van der Waals surface area contributed by atoms with E-state index < -0.39 is 0 Å². The number of thioether (sulfide) groups is 2. The maximum Gasteiger partial charge on any atom is 0.0775 e. The Kier molecular flexibility index (Phi) is 2.68. The van der Waals surface area contributed by atoms with Crippen molar-refractivity contribution in [2.75, 3.05) is 11.5 Å². The Balaban J connectivity index is 2.26. The van der Waals surface area contributed by atoms with Crippen molar-refractivity contribution >= 4 is 34.4 Å². The van der Waals surface area contributed by atoms with Crippen LogP contribution in [0.25, 0.3) is 10.9 Å². The molecule has 84 valence electrons. The third-order valence-electron chi connectivity index (χ3n) is 3.31. The molecule has 0 aliphatic carbocycles. The molecule has 1 aliphatic rings. The molecule has 0 atom stereocenters. The zero-order valence-corrected chi connectivity index (χ0v) is 11.2. The van der Waals surface area contributed by atoms with Gasteiger partial charge in [0.05, 0.1) is 4.58 Å². The summed E-state index contributed by atoms with van der Waals surface area (Å²) in [5.41, 5.74) is 4.34. The van der Waals surface area contributed by atoms with Crippen molar-refractivity contribution in [3.05, 3.63) is 35.5 Å². The van der Waals surface area contributed by atoms with Gasteiger partial charge in [-0.05, 0) is 13.0 Å².